The summed E-state index contributed by atoms with van der Waals surface area (Å²) in [5.74, 6) is 2.42. The Bertz CT molecular complexity index is 936. The largest absolute Gasteiger partial charge is 0.493 e. The molecule has 0 aliphatic carbocycles. The zero-order chi connectivity index (χ0) is 22.9. The fraction of sp³-hybridized carbons (Fsp3) is 0.417. The van der Waals surface area contributed by atoms with E-state index in [0.29, 0.717) is 49.1 Å². The van der Waals surface area contributed by atoms with Gasteiger partial charge in [-0.1, -0.05) is 18.2 Å². The molecule has 172 valence electrons. The number of methoxy groups -OCH3 is 3. The summed E-state index contributed by atoms with van der Waals surface area (Å²) in [5, 5.41) is 6.49. The Morgan fingerprint density at radius 3 is 2.47 bits per heavy atom. The molecule has 1 heterocycles. The predicted molar refractivity (Wildman–Crippen MR) is 127 cm³/mol. The maximum Gasteiger partial charge on any atom is 0.227 e. The standard InChI is InChI=1S/C24H32N4O4/c1-5-25-24(27-18-15-20(30-2)23(32-4)21(16-18)31-3)26-13-8-11-22(29)28-14-12-17-9-6-7-10-19(17)28/h6-7,9-10,15-16H,5,8,11-14H2,1-4H3,(H2,25,26,27). The number of nitrogens with zero attached hydrogens (tertiary/aromatic N) is 2. The Morgan fingerprint density at radius 1 is 1.09 bits per heavy atom. The molecule has 1 aliphatic heterocycles. The second-order valence-corrected chi connectivity index (χ2v) is 7.33. The minimum atomic E-state index is 0.146. The molecule has 1 amide bonds. The van der Waals surface area contributed by atoms with Gasteiger partial charge in [-0.2, -0.15) is 0 Å². The molecule has 1 aliphatic rings. The van der Waals surface area contributed by atoms with Crippen LogP contribution in [0.3, 0.4) is 0 Å². The molecule has 0 aromatic heterocycles. The van der Waals surface area contributed by atoms with Crippen molar-refractivity contribution in [3.05, 3.63) is 42.0 Å². The quantitative estimate of drug-likeness (QED) is 0.353. The number of aliphatic imine (C=N–C) groups is 1. The lowest BCUT2D eigenvalue weighted by molar-refractivity contribution is -0.118. The van der Waals surface area contributed by atoms with Gasteiger partial charge in [-0.25, -0.2) is 0 Å². The van der Waals surface area contributed by atoms with Crippen molar-refractivity contribution in [3.8, 4) is 17.2 Å². The van der Waals surface area contributed by atoms with E-state index < -0.39 is 0 Å². The molecule has 0 atom stereocenters. The summed E-state index contributed by atoms with van der Waals surface area (Å²) in [6.45, 7) is 3.99. The van der Waals surface area contributed by atoms with E-state index in [1.807, 2.05) is 42.2 Å². The first kappa shape index (κ1) is 23.2. The topological polar surface area (TPSA) is 84.4 Å². The Balaban J connectivity index is 1.60. The number of nitrogens with one attached hydrogen (secondary N) is 2. The number of amides is 1. The molecule has 0 bridgehead atoms. The summed E-state index contributed by atoms with van der Waals surface area (Å²) in [6, 6.07) is 11.7. The average Bonchev–Trinajstić information content (AvgIpc) is 3.25. The minimum absolute atomic E-state index is 0.146. The van der Waals surface area contributed by atoms with Crippen LogP contribution in [0.15, 0.2) is 41.4 Å². The molecule has 32 heavy (non-hydrogen) atoms. The van der Waals surface area contributed by atoms with Gasteiger partial charge in [0, 0.05) is 49.6 Å². The molecule has 8 heteroatoms. The van der Waals surface area contributed by atoms with E-state index >= 15 is 0 Å². The number of anilines is 2. The summed E-state index contributed by atoms with van der Waals surface area (Å²) < 4.78 is 16.2. The highest BCUT2D eigenvalue weighted by atomic mass is 16.5. The van der Waals surface area contributed by atoms with E-state index in [-0.39, 0.29) is 5.91 Å². The molecule has 2 aromatic carbocycles. The molecule has 0 spiro atoms. The van der Waals surface area contributed by atoms with Crippen LogP contribution in [-0.2, 0) is 11.2 Å². The molecule has 0 saturated carbocycles. The Kier molecular flexibility index (Phi) is 8.19. The van der Waals surface area contributed by atoms with Crippen LogP contribution in [-0.4, -0.2) is 52.8 Å². The van der Waals surface area contributed by atoms with Gasteiger partial charge in [-0.15, -0.1) is 0 Å². The van der Waals surface area contributed by atoms with Gasteiger partial charge in [0.05, 0.1) is 21.3 Å². The first-order valence-corrected chi connectivity index (χ1v) is 10.8. The van der Waals surface area contributed by atoms with E-state index in [4.69, 9.17) is 14.2 Å². The van der Waals surface area contributed by atoms with Crippen molar-refractivity contribution in [2.24, 2.45) is 4.99 Å². The molecule has 2 aromatic rings. The van der Waals surface area contributed by atoms with Crippen LogP contribution < -0.4 is 29.7 Å². The van der Waals surface area contributed by atoms with Gasteiger partial charge < -0.3 is 29.7 Å². The van der Waals surface area contributed by atoms with Crippen molar-refractivity contribution in [1.29, 1.82) is 0 Å². The van der Waals surface area contributed by atoms with Crippen molar-refractivity contribution in [3.63, 3.8) is 0 Å². The zero-order valence-electron chi connectivity index (χ0n) is 19.2. The maximum absolute atomic E-state index is 12.7. The van der Waals surface area contributed by atoms with Crippen molar-refractivity contribution in [2.75, 3.05) is 51.2 Å². The van der Waals surface area contributed by atoms with Crippen molar-refractivity contribution in [2.45, 2.75) is 26.2 Å². The van der Waals surface area contributed by atoms with Gasteiger partial charge in [-0.3, -0.25) is 9.79 Å². The van der Waals surface area contributed by atoms with E-state index in [2.05, 4.69) is 21.7 Å². The Morgan fingerprint density at radius 2 is 1.81 bits per heavy atom. The summed E-state index contributed by atoms with van der Waals surface area (Å²) in [5.41, 5.74) is 3.03. The summed E-state index contributed by atoms with van der Waals surface area (Å²) in [7, 11) is 4.73. The van der Waals surface area contributed by atoms with Gasteiger partial charge in [0.15, 0.2) is 17.5 Å². The average molecular weight is 441 g/mol. The summed E-state index contributed by atoms with van der Waals surface area (Å²) in [4.78, 5) is 19.2. The zero-order valence-corrected chi connectivity index (χ0v) is 19.2. The van der Waals surface area contributed by atoms with Crippen molar-refractivity contribution in [1.82, 2.24) is 5.32 Å². The van der Waals surface area contributed by atoms with Crippen molar-refractivity contribution < 1.29 is 19.0 Å². The third kappa shape index (κ3) is 5.43. The van der Waals surface area contributed by atoms with E-state index in [9.17, 15) is 4.79 Å². The van der Waals surface area contributed by atoms with E-state index in [0.717, 1.165) is 24.3 Å². The van der Waals surface area contributed by atoms with E-state index in [1.54, 1.807) is 21.3 Å². The van der Waals surface area contributed by atoms with Crippen LogP contribution in [0.5, 0.6) is 17.2 Å². The molecular weight excluding hydrogens is 408 g/mol. The van der Waals surface area contributed by atoms with E-state index in [1.165, 1.54) is 5.56 Å². The number of ether oxygens (including phenoxy) is 3. The molecule has 3 rings (SSSR count). The second-order valence-electron chi connectivity index (χ2n) is 7.33. The Hall–Kier alpha value is -3.42. The normalized spacial score (nSPS) is 12.9. The van der Waals surface area contributed by atoms with Crippen LogP contribution >= 0.6 is 0 Å². The van der Waals surface area contributed by atoms with Gasteiger partial charge >= 0.3 is 0 Å². The first-order valence-electron chi connectivity index (χ1n) is 10.8. The molecule has 0 unspecified atom stereocenters. The highest BCUT2D eigenvalue weighted by molar-refractivity contribution is 5.96. The maximum atomic E-state index is 12.7. The molecule has 8 nitrogen and oxygen atoms in total. The smallest absolute Gasteiger partial charge is 0.227 e. The highest BCUT2D eigenvalue weighted by Crippen LogP contribution is 2.39. The van der Waals surface area contributed by atoms with Crippen LogP contribution in [0.4, 0.5) is 11.4 Å². The third-order valence-electron chi connectivity index (χ3n) is 5.28. The fourth-order valence-electron chi connectivity index (χ4n) is 3.75. The molecule has 0 fully saturated rings. The van der Waals surface area contributed by atoms with Crippen LogP contribution in [0.25, 0.3) is 0 Å². The number of carbonyl (C=O) groups is 1. The molecular formula is C24H32N4O4. The monoisotopic (exact) mass is 440 g/mol. The van der Waals surface area contributed by atoms with Crippen LogP contribution in [0, 0.1) is 0 Å². The number of benzene rings is 2. The summed E-state index contributed by atoms with van der Waals surface area (Å²) >= 11 is 0. The number of fused-ring (bicyclic) bond motifs is 1. The number of hydrogen-bond donors (Lipinski definition) is 2. The lowest BCUT2D eigenvalue weighted by atomic mass is 10.2. The number of guanidine groups is 1. The van der Waals surface area contributed by atoms with Gasteiger partial charge in [0.25, 0.3) is 0 Å². The van der Waals surface area contributed by atoms with Crippen molar-refractivity contribution >= 4 is 23.2 Å². The van der Waals surface area contributed by atoms with Gasteiger partial charge in [-0.05, 0) is 31.4 Å². The molecule has 0 saturated heterocycles. The lowest BCUT2D eigenvalue weighted by Gasteiger charge is -2.17. The minimum Gasteiger partial charge on any atom is -0.493 e. The molecule has 2 N–H and O–H groups in total. The van der Waals surface area contributed by atoms with Crippen LogP contribution in [0.2, 0.25) is 0 Å². The molecule has 0 radical (unpaired) electrons. The van der Waals surface area contributed by atoms with Gasteiger partial charge in [0.2, 0.25) is 11.7 Å². The number of hydrogen-bond acceptors (Lipinski definition) is 5. The first-order chi connectivity index (χ1) is 15.6. The third-order valence-corrected chi connectivity index (χ3v) is 5.28. The predicted octanol–water partition coefficient (Wildman–Crippen LogP) is 3.46. The fourth-order valence-corrected chi connectivity index (χ4v) is 3.75. The van der Waals surface area contributed by atoms with Crippen LogP contribution in [0.1, 0.15) is 25.3 Å². The van der Waals surface area contributed by atoms with Gasteiger partial charge in [0.1, 0.15) is 0 Å². The number of rotatable bonds is 9. The highest BCUT2D eigenvalue weighted by Gasteiger charge is 2.23. The Labute approximate surface area is 189 Å². The number of carbonyl (C=O) groups excluding carboxylic acids is 1. The second kappa shape index (κ2) is 11.3. The summed E-state index contributed by atoms with van der Waals surface area (Å²) in [6.07, 6.45) is 2.05. The lowest BCUT2D eigenvalue weighted by Crippen LogP contribution is -2.31. The number of para-hydroxylation sites is 1. The SMILES string of the molecule is CCNC(=NCCCC(=O)N1CCc2ccccc21)Nc1cc(OC)c(OC)c(OC)c1.